The van der Waals surface area contributed by atoms with Gasteiger partial charge in [0.1, 0.15) is 11.1 Å². The van der Waals surface area contributed by atoms with Crippen LogP contribution < -0.4 is 11.3 Å². The first-order valence-corrected chi connectivity index (χ1v) is 11.2. The zero-order valence-corrected chi connectivity index (χ0v) is 20.6. The van der Waals surface area contributed by atoms with Crippen molar-refractivity contribution in [3.05, 3.63) is 61.1 Å². The molecule has 0 aliphatic rings. The van der Waals surface area contributed by atoms with Gasteiger partial charge < -0.3 is 15.3 Å². The minimum absolute atomic E-state index is 0.0305. The fourth-order valence-corrected chi connectivity index (χ4v) is 4.84. The minimum atomic E-state index is -0.561. The SMILES string of the molecule is CC(C)c1nn(-c2c(Cl)cc(Cl)cc2Cl)c2nc(-c3ccc(C(C)(C)N)n3C)[nH]c(=O)c12. The third kappa shape index (κ3) is 3.73. The molecule has 0 unspecified atom stereocenters. The number of nitrogens with zero attached hydrogens (tertiary/aromatic N) is 4. The van der Waals surface area contributed by atoms with Crippen molar-refractivity contribution in [3.8, 4) is 17.2 Å². The molecule has 0 spiro atoms. The smallest absolute Gasteiger partial charge is 0.262 e. The van der Waals surface area contributed by atoms with Gasteiger partial charge in [-0.2, -0.15) is 5.10 Å². The number of H-pyrrole nitrogens is 1. The van der Waals surface area contributed by atoms with E-state index in [4.69, 9.17) is 45.5 Å². The summed E-state index contributed by atoms with van der Waals surface area (Å²) < 4.78 is 3.43. The Hall–Kier alpha value is -2.32. The van der Waals surface area contributed by atoms with Gasteiger partial charge in [0.25, 0.3) is 5.56 Å². The largest absolute Gasteiger partial charge is 0.343 e. The molecule has 4 rings (SSSR count). The van der Waals surface area contributed by atoms with Crippen LogP contribution in [0.4, 0.5) is 0 Å². The Bertz CT molecular complexity index is 1380. The molecular formula is C22H23Cl3N6O. The fraction of sp³-hybridized carbons (Fsp3) is 0.318. The van der Waals surface area contributed by atoms with Gasteiger partial charge in [-0.15, -0.1) is 0 Å². The lowest BCUT2D eigenvalue weighted by Gasteiger charge is -2.20. The first-order valence-electron chi connectivity index (χ1n) is 10.0. The third-order valence-corrected chi connectivity index (χ3v) is 6.12. The highest BCUT2D eigenvalue weighted by Gasteiger charge is 2.25. The number of nitrogens with two attached hydrogens (primary N) is 1. The number of hydrogen-bond donors (Lipinski definition) is 2. The summed E-state index contributed by atoms with van der Waals surface area (Å²) in [6, 6.07) is 6.95. The van der Waals surface area contributed by atoms with Gasteiger partial charge >= 0.3 is 0 Å². The van der Waals surface area contributed by atoms with Gasteiger partial charge in [0.05, 0.1) is 27.0 Å². The van der Waals surface area contributed by atoms with E-state index in [0.29, 0.717) is 49.0 Å². The quantitative estimate of drug-likeness (QED) is 0.398. The van der Waals surface area contributed by atoms with Gasteiger partial charge in [-0.1, -0.05) is 48.7 Å². The number of fused-ring (bicyclic) bond motifs is 1. The minimum Gasteiger partial charge on any atom is -0.343 e. The Morgan fingerprint density at radius 1 is 1.12 bits per heavy atom. The second kappa shape index (κ2) is 7.92. The predicted octanol–water partition coefficient (Wildman–Crippen LogP) is 5.39. The molecule has 0 fully saturated rings. The molecular weight excluding hydrogens is 471 g/mol. The second-order valence-electron chi connectivity index (χ2n) is 8.67. The summed E-state index contributed by atoms with van der Waals surface area (Å²) in [4.78, 5) is 20.9. The summed E-state index contributed by atoms with van der Waals surface area (Å²) in [7, 11) is 1.88. The van der Waals surface area contributed by atoms with Crippen molar-refractivity contribution >= 4 is 45.8 Å². The summed E-state index contributed by atoms with van der Waals surface area (Å²) in [5.41, 5.74) is 8.40. The highest BCUT2D eigenvalue weighted by molar-refractivity contribution is 6.40. The molecule has 3 aromatic heterocycles. The van der Waals surface area contributed by atoms with E-state index in [0.717, 1.165) is 5.69 Å². The lowest BCUT2D eigenvalue weighted by atomic mass is 10.0. The maximum absolute atomic E-state index is 13.2. The zero-order valence-electron chi connectivity index (χ0n) is 18.3. The summed E-state index contributed by atoms with van der Waals surface area (Å²) >= 11 is 19.0. The van der Waals surface area contributed by atoms with Crippen LogP contribution in [0.5, 0.6) is 0 Å². The van der Waals surface area contributed by atoms with Crippen LogP contribution in [0.25, 0.3) is 28.2 Å². The molecule has 4 aromatic rings. The van der Waals surface area contributed by atoms with E-state index < -0.39 is 5.54 Å². The van der Waals surface area contributed by atoms with E-state index >= 15 is 0 Å². The third-order valence-electron chi connectivity index (χ3n) is 5.33. The number of rotatable bonds is 4. The first-order chi connectivity index (χ1) is 14.9. The number of nitrogens with one attached hydrogen (secondary N) is 1. The van der Waals surface area contributed by atoms with E-state index in [9.17, 15) is 4.79 Å². The van der Waals surface area contributed by atoms with Crippen LogP contribution in [0.1, 0.15) is 45.0 Å². The number of benzene rings is 1. The van der Waals surface area contributed by atoms with Crippen molar-refractivity contribution in [2.45, 2.75) is 39.2 Å². The van der Waals surface area contributed by atoms with Gasteiger partial charge in [-0.25, -0.2) is 9.67 Å². The molecule has 0 aliphatic carbocycles. The Balaban J connectivity index is 2.06. The molecule has 32 heavy (non-hydrogen) atoms. The summed E-state index contributed by atoms with van der Waals surface area (Å²) in [6.07, 6.45) is 0. The second-order valence-corrected chi connectivity index (χ2v) is 9.92. The van der Waals surface area contributed by atoms with Gasteiger partial charge in [0.2, 0.25) is 0 Å². The molecule has 10 heteroatoms. The van der Waals surface area contributed by atoms with Crippen LogP contribution in [0, 0.1) is 0 Å². The van der Waals surface area contributed by atoms with Crippen molar-refractivity contribution in [1.29, 1.82) is 0 Å². The molecule has 1 aromatic carbocycles. The maximum atomic E-state index is 13.2. The van der Waals surface area contributed by atoms with Gasteiger partial charge in [-0.3, -0.25) is 4.79 Å². The molecule has 0 amide bonds. The standard InChI is InChI=1S/C22H23Cl3N6O/c1-10(2)17-16-20(31(29-17)18-12(24)8-11(23)9-13(18)25)27-19(28-21(16)32)14-6-7-15(30(14)5)22(3,4)26/h6-10H,26H2,1-5H3,(H,27,28,32). The molecule has 0 atom stereocenters. The lowest BCUT2D eigenvalue weighted by Crippen LogP contribution is -2.31. The predicted molar refractivity (Wildman–Crippen MR) is 130 cm³/mol. The molecule has 0 saturated heterocycles. The molecule has 0 bridgehead atoms. The van der Waals surface area contributed by atoms with Crippen molar-refractivity contribution in [2.24, 2.45) is 12.8 Å². The molecule has 168 valence electrons. The first kappa shape index (κ1) is 22.9. The van der Waals surface area contributed by atoms with Crippen LogP contribution in [0.2, 0.25) is 15.1 Å². The highest BCUT2D eigenvalue weighted by Crippen LogP contribution is 2.35. The molecule has 3 N–H and O–H groups in total. The molecule has 0 radical (unpaired) electrons. The van der Waals surface area contributed by atoms with Crippen molar-refractivity contribution in [1.82, 2.24) is 24.3 Å². The van der Waals surface area contributed by atoms with Gasteiger partial charge in [-0.05, 0) is 44.0 Å². The Labute approximate surface area is 200 Å². The molecule has 3 heterocycles. The van der Waals surface area contributed by atoms with Crippen molar-refractivity contribution in [3.63, 3.8) is 0 Å². The summed E-state index contributed by atoms with van der Waals surface area (Å²) in [6.45, 7) is 7.74. The number of aromatic nitrogens is 5. The topological polar surface area (TPSA) is 94.5 Å². The van der Waals surface area contributed by atoms with Crippen LogP contribution in [0.3, 0.4) is 0 Å². The summed E-state index contributed by atoms with van der Waals surface area (Å²) in [5, 5.41) is 6.06. The van der Waals surface area contributed by atoms with Crippen molar-refractivity contribution < 1.29 is 0 Å². The van der Waals surface area contributed by atoms with E-state index in [1.54, 1.807) is 12.1 Å². The maximum Gasteiger partial charge on any atom is 0.262 e. The lowest BCUT2D eigenvalue weighted by molar-refractivity contribution is 0.514. The normalized spacial score (nSPS) is 12.3. The number of hydrogen-bond acceptors (Lipinski definition) is 4. The van der Waals surface area contributed by atoms with E-state index in [2.05, 4.69) is 10.1 Å². The highest BCUT2D eigenvalue weighted by atomic mass is 35.5. The average Bonchev–Trinajstić information content (AvgIpc) is 3.22. The van der Waals surface area contributed by atoms with E-state index in [-0.39, 0.29) is 11.5 Å². The Kier molecular flexibility index (Phi) is 5.66. The van der Waals surface area contributed by atoms with Crippen molar-refractivity contribution in [2.75, 3.05) is 0 Å². The van der Waals surface area contributed by atoms with Crippen LogP contribution in [-0.4, -0.2) is 24.3 Å². The molecule has 0 aliphatic heterocycles. The van der Waals surface area contributed by atoms with Gasteiger partial charge in [0, 0.05) is 17.8 Å². The number of aromatic amines is 1. The summed E-state index contributed by atoms with van der Waals surface area (Å²) in [5.74, 6) is 0.357. The van der Waals surface area contributed by atoms with Crippen LogP contribution in [0.15, 0.2) is 29.1 Å². The zero-order chi connectivity index (χ0) is 23.5. The average molecular weight is 494 g/mol. The monoisotopic (exact) mass is 492 g/mol. The van der Waals surface area contributed by atoms with E-state index in [1.807, 2.05) is 51.4 Å². The van der Waals surface area contributed by atoms with Crippen LogP contribution >= 0.6 is 34.8 Å². The van der Waals surface area contributed by atoms with Crippen LogP contribution in [-0.2, 0) is 12.6 Å². The van der Waals surface area contributed by atoms with E-state index in [1.165, 1.54) is 4.68 Å². The molecule has 7 nitrogen and oxygen atoms in total. The molecule has 0 saturated carbocycles. The van der Waals surface area contributed by atoms with Gasteiger partial charge in [0.15, 0.2) is 11.5 Å². The Morgan fingerprint density at radius 2 is 1.75 bits per heavy atom. The fourth-order valence-electron chi connectivity index (χ4n) is 3.86. The Morgan fingerprint density at radius 3 is 2.28 bits per heavy atom. The number of halogens is 3.